The molecule has 1 atom stereocenters. The summed E-state index contributed by atoms with van der Waals surface area (Å²) >= 11 is 0. The van der Waals surface area contributed by atoms with Crippen LogP contribution >= 0.6 is 0 Å². The zero-order valence-corrected chi connectivity index (χ0v) is 12.6. The molecule has 2 aliphatic heterocycles. The van der Waals surface area contributed by atoms with Crippen LogP contribution in [-0.2, 0) is 27.3 Å². The van der Waals surface area contributed by atoms with Gasteiger partial charge in [-0.2, -0.15) is 0 Å². The van der Waals surface area contributed by atoms with Gasteiger partial charge in [0.15, 0.2) is 0 Å². The molecule has 0 aliphatic carbocycles. The predicted octanol–water partition coefficient (Wildman–Crippen LogP) is 2.01. The van der Waals surface area contributed by atoms with E-state index in [1.165, 1.54) is 11.1 Å². The number of carbonyl (C=O) groups is 1. The Labute approximate surface area is 126 Å². The summed E-state index contributed by atoms with van der Waals surface area (Å²) in [5.41, 5.74) is 2.62. The Balaban J connectivity index is 1.56. The van der Waals surface area contributed by atoms with Crippen molar-refractivity contribution < 1.29 is 14.3 Å². The van der Waals surface area contributed by atoms with Crippen LogP contribution in [0, 0.1) is 5.92 Å². The Morgan fingerprint density at radius 3 is 2.71 bits per heavy atom. The number of ether oxygens (including phenoxy) is 2. The van der Waals surface area contributed by atoms with Crippen LogP contribution in [0.3, 0.4) is 0 Å². The molecule has 0 saturated carbocycles. The average Bonchev–Trinajstić information content (AvgIpc) is 2.55. The third kappa shape index (κ3) is 3.44. The fraction of sp³-hybridized carbons (Fsp3) is 0.588. The maximum absolute atomic E-state index is 12.4. The molecule has 4 heteroatoms. The summed E-state index contributed by atoms with van der Waals surface area (Å²) in [6.07, 6.45) is 2.69. The molecule has 1 aromatic carbocycles. The minimum Gasteiger partial charge on any atom is -0.381 e. The van der Waals surface area contributed by atoms with Gasteiger partial charge in [0.05, 0.1) is 12.7 Å². The Kier molecular flexibility index (Phi) is 4.56. The molecule has 1 unspecified atom stereocenters. The zero-order chi connectivity index (χ0) is 14.7. The van der Waals surface area contributed by atoms with Crippen molar-refractivity contribution in [1.82, 2.24) is 4.90 Å². The Morgan fingerprint density at radius 2 is 1.95 bits per heavy atom. The van der Waals surface area contributed by atoms with Gasteiger partial charge in [0, 0.05) is 39.1 Å². The highest BCUT2D eigenvalue weighted by Gasteiger charge is 2.27. The number of amides is 1. The van der Waals surface area contributed by atoms with E-state index in [0.29, 0.717) is 26.4 Å². The molecule has 0 radical (unpaired) electrons. The van der Waals surface area contributed by atoms with E-state index in [1.54, 1.807) is 0 Å². The maximum atomic E-state index is 12.4. The van der Waals surface area contributed by atoms with E-state index in [1.807, 2.05) is 18.0 Å². The number of hydrogen-bond donors (Lipinski definition) is 0. The van der Waals surface area contributed by atoms with E-state index in [4.69, 9.17) is 9.47 Å². The highest BCUT2D eigenvalue weighted by molar-refractivity contribution is 5.78. The van der Waals surface area contributed by atoms with Gasteiger partial charge in [-0.05, 0) is 24.0 Å². The standard InChI is InChI=1S/C17H23NO3/c1-18(17(19)13-6-8-20-9-7-13)11-16-10-14-4-2-3-5-15(14)12-21-16/h2-5,13,16H,6-12H2,1H3. The number of rotatable bonds is 3. The van der Waals surface area contributed by atoms with Crippen LogP contribution in [0.1, 0.15) is 24.0 Å². The van der Waals surface area contributed by atoms with E-state index >= 15 is 0 Å². The summed E-state index contributed by atoms with van der Waals surface area (Å²) in [5.74, 6) is 0.361. The highest BCUT2D eigenvalue weighted by Crippen LogP contribution is 2.22. The van der Waals surface area contributed by atoms with Crippen LogP contribution in [0.15, 0.2) is 24.3 Å². The van der Waals surface area contributed by atoms with Crippen molar-refractivity contribution >= 4 is 5.91 Å². The summed E-state index contributed by atoms with van der Waals surface area (Å²) in [4.78, 5) is 14.3. The fourth-order valence-corrected chi connectivity index (χ4v) is 3.18. The number of fused-ring (bicyclic) bond motifs is 1. The van der Waals surface area contributed by atoms with Crippen LogP contribution in [0.5, 0.6) is 0 Å². The normalized spacial score (nSPS) is 22.6. The van der Waals surface area contributed by atoms with E-state index in [-0.39, 0.29) is 17.9 Å². The van der Waals surface area contributed by atoms with Gasteiger partial charge in [0.2, 0.25) is 5.91 Å². The Bertz CT molecular complexity index is 497. The molecule has 1 fully saturated rings. The third-order valence-corrected chi connectivity index (χ3v) is 4.46. The van der Waals surface area contributed by atoms with Crippen molar-refractivity contribution in [3.05, 3.63) is 35.4 Å². The van der Waals surface area contributed by atoms with Gasteiger partial charge >= 0.3 is 0 Å². The summed E-state index contributed by atoms with van der Waals surface area (Å²) in [6.45, 7) is 2.74. The van der Waals surface area contributed by atoms with Crippen molar-refractivity contribution in [1.29, 1.82) is 0 Å². The molecular formula is C17H23NO3. The SMILES string of the molecule is CN(CC1Cc2ccccc2CO1)C(=O)C1CCOCC1. The lowest BCUT2D eigenvalue weighted by molar-refractivity contribution is -0.139. The van der Waals surface area contributed by atoms with Gasteiger partial charge in [0.1, 0.15) is 0 Å². The van der Waals surface area contributed by atoms with Crippen LogP contribution in [0.4, 0.5) is 0 Å². The Morgan fingerprint density at radius 1 is 1.24 bits per heavy atom. The van der Waals surface area contributed by atoms with E-state index < -0.39 is 0 Å². The molecule has 4 nitrogen and oxygen atoms in total. The number of benzene rings is 1. The van der Waals surface area contributed by atoms with Crippen molar-refractivity contribution in [2.24, 2.45) is 5.92 Å². The van der Waals surface area contributed by atoms with Gasteiger partial charge in [-0.15, -0.1) is 0 Å². The van der Waals surface area contributed by atoms with Crippen molar-refractivity contribution in [2.75, 3.05) is 26.8 Å². The molecule has 0 N–H and O–H groups in total. The Hall–Kier alpha value is -1.39. The lowest BCUT2D eigenvalue weighted by atomic mass is 9.97. The number of carbonyl (C=O) groups excluding carboxylic acids is 1. The second kappa shape index (κ2) is 6.58. The average molecular weight is 289 g/mol. The van der Waals surface area contributed by atoms with E-state index in [9.17, 15) is 4.79 Å². The molecule has 1 aromatic rings. The second-order valence-electron chi connectivity index (χ2n) is 6.01. The summed E-state index contributed by atoms with van der Waals surface area (Å²) in [7, 11) is 1.89. The van der Waals surface area contributed by atoms with Gasteiger partial charge in [-0.1, -0.05) is 24.3 Å². The monoisotopic (exact) mass is 289 g/mol. The van der Waals surface area contributed by atoms with Crippen LogP contribution in [0.2, 0.25) is 0 Å². The zero-order valence-electron chi connectivity index (χ0n) is 12.6. The lowest BCUT2D eigenvalue weighted by Crippen LogP contribution is -2.42. The van der Waals surface area contributed by atoms with Crippen molar-refractivity contribution in [2.45, 2.75) is 32.0 Å². The first-order valence-electron chi connectivity index (χ1n) is 7.75. The van der Waals surface area contributed by atoms with Crippen LogP contribution in [-0.4, -0.2) is 43.7 Å². The second-order valence-corrected chi connectivity index (χ2v) is 6.01. The van der Waals surface area contributed by atoms with Gasteiger partial charge in [-0.25, -0.2) is 0 Å². The quantitative estimate of drug-likeness (QED) is 0.854. The molecule has 1 amide bonds. The molecule has 0 spiro atoms. The maximum Gasteiger partial charge on any atom is 0.225 e. The molecule has 2 aliphatic rings. The largest absolute Gasteiger partial charge is 0.381 e. The van der Waals surface area contributed by atoms with E-state index in [0.717, 1.165) is 19.3 Å². The number of likely N-dealkylation sites (N-methyl/N-ethyl adjacent to an activating group) is 1. The van der Waals surface area contributed by atoms with Crippen molar-refractivity contribution in [3.63, 3.8) is 0 Å². The molecular weight excluding hydrogens is 266 g/mol. The lowest BCUT2D eigenvalue weighted by Gasteiger charge is -2.31. The van der Waals surface area contributed by atoms with Crippen LogP contribution in [0.25, 0.3) is 0 Å². The smallest absolute Gasteiger partial charge is 0.225 e. The first kappa shape index (κ1) is 14.5. The molecule has 21 heavy (non-hydrogen) atoms. The molecule has 2 heterocycles. The predicted molar refractivity (Wildman–Crippen MR) is 79.9 cm³/mol. The third-order valence-electron chi connectivity index (χ3n) is 4.46. The molecule has 1 saturated heterocycles. The molecule has 0 aromatic heterocycles. The van der Waals surface area contributed by atoms with Gasteiger partial charge < -0.3 is 14.4 Å². The van der Waals surface area contributed by atoms with Crippen molar-refractivity contribution in [3.8, 4) is 0 Å². The summed E-state index contributed by atoms with van der Waals surface area (Å²) < 4.78 is 11.2. The number of nitrogens with zero attached hydrogens (tertiary/aromatic N) is 1. The summed E-state index contributed by atoms with van der Waals surface area (Å²) in [6, 6.07) is 8.38. The highest BCUT2D eigenvalue weighted by atomic mass is 16.5. The minimum absolute atomic E-state index is 0.105. The number of hydrogen-bond acceptors (Lipinski definition) is 3. The molecule has 114 valence electrons. The summed E-state index contributed by atoms with van der Waals surface area (Å²) in [5, 5.41) is 0. The molecule has 0 bridgehead atoms. The first-order valence-corrected chi connectivity index (χ1v) is 7.75. The topological polar surface area (TPSA) is 38.8 Å². The first-order chi connectivity index (χ1) is 10.2. The van der Waals surface area contributed by atoms with Crippen LogP contribution < -0.4 is 0 Å². The van der Waals surface area contributed by atoms with E-state index in [2.05, 4.69) is 18.2 Å². The molecule has 3 rings (SSSR count). The fourth-order valence-electron chi connectivity index (χ4n) is 3.18. The minimum atomic E-state index is 0.105. The van der Waals surface area contributed by atoms with Gasteiger partial charge in [-0.3, -0.25) is 4.79 Å². The van der Waals surface area contributed by atoms with Gasteiger partial charge in [0.25, 0.3) is 0 Å².